The maximum Gasteiger partial charge on any atom is 0.124 e. The van der Waals surface area contributed by atoms with Gasteiger partial charge in [0.2, 0.25) is 0 Å². The molecule has 2 heterocycles. The Morgan fingerprint density at radius 2 is 2.00 bits per heavy atom. The fraction of sp³-hybridized carbons (Fsp3) is 0. The molecule has 0 spiro atoms. The molecule has 77 valence electrons. The van der Waals surface area contributed by atoms with Gasteiger partial charge in [-0.05, 0) is 29.8 Å². The number of aromatic nitrogens is 1. The predicted molar refractivity (Wildman–Crippen MR) is 63.9 cm³/mol. The molecule has 0 saturated heterocycles. The number of hydrogen-bond acceptors (Lipinski definition) is 2. The Balaban J connectivity index is 2.22. The van der Waals surface area contributed by atoms with Gasteiger partial charge >= 0.3 is 0 Å². The van der Waals surface area contributed by atoms with Gasteiger partial charge in [-0.3, -0.25) is 0 Å². The molecule has 0 aliphatic carbocycles. The van der Waals surface area contributed by atoms with Crippen molar-refractivity contribution in [2.24, 2.45) is 0 Å². The maximum absolute atomic E-state index is 12.8. The highest BCUT2D eigenvalue weighted by Crippen LogP contribution is 2.32. The van der Waals surface area contributed by atoms with Crippen LogP contribution in [-0.2, 0) is 0 Å². The molecular formula is C13H7FNS. The Labute approximate surface area is 96.2 Å². The standard InChI is InChI=1S/C13H7FNS/c14-10-5-3-9(4-6-10)12-8-16-13-11(12)2-1-7-15-13/h1,3-8H. The summed E-state index contributed by atoms with van der Waals surface area (Å²) in [5, 5.41) is 3.03. The summed E-state index contributed by atoms with van der Waals surface area (Å²) in [6.07, 6.45) is 1.73. The third-order valence-electron chi connectivity index (χ3n) is 2.42. The van der Waals surface area contributed by atoms with Gasteiger partial charge in [0, 0.05) is 22.5 Å². The zero-order valence-electron chi connectivity index (χ0n) is 8.27. The topological polar surface area (TPSA) is 12.9 Å². The Hall–Kier alpha value is -1.74. The highest BCUT2D eigenvalue weighted by Gasteiger charge is 2.06. The van der Waals surface area contributed by atoms with E-state index in [2.05, 4.69) is 11.1 Å². The Kier molecular flexibility index (Phi) is 2.18. The Morgan fingerprint density at radius 1 is 1.19 bits per heavy atom. The van der Waals surface area contributed by atoms with Crippen molar-refractivity contribution in [1.29, 1.82) is 0 Å². The third kappa shape index (κ3) is 1.49. The lowest BCUT2D eigenvalue weighted by molar-refractivity contribution is 0.628. The Morgan fingerprint density at radius 3 is 2.81 bits per heavy atom. The quantitative estimate of drug-likeness (QED) is 0.615. The first-order chi connectivity index (χ1) is 7.84. The van der Waals surface area contributed by atoms with Crippen LogP contribution in [0.15, 0.2) is 41.9 Å². The van der Waals surface area contributed by atoms with Gasteiger partial charge in [-0.25, -0.2) is 9.37 Å². The minimum atomic E-state index is -0.217. The molecule has 0 atom stereocenters. The van der Waals surface area contributed by atoms with E-state index in [9.17, 15) is 4.39 Å². The summed E-state index contributed by atoms with van der Waals surface area (Å²) in [5.74, 6) is -0.217. The molecule has 0 unspecified atom stereocenters. The molecule has 0 saturated carbocycles. The van der Waals surface area contributed by atoms with E-state index >= 15 is 0 Å². The molecule has 0 aliphatic rings. The number of pyridine rings is 1. The predicted octanol–water partition coefficient (Wildman–Crippen LogP) is 3.90. The van der Waals surface area contributed by atoms with Gasteiger partial charge < -0.3 is 0 Å². The van der Waals surface area contributed by atoms with Crippen molar-refractivity contribution in [2.45, 2.75) is 0 Å². The molecule has 3 aromatic rings. The van der Waals surface area contributed by atoms with Crippen LogP contribution in [0.1, 0.15) is 0 Å². The summed E-state index contributed by atoms with van der Waals surface area (Å²) in [6, 6.07) is 11.4. The van der Waals surface area contributed by atoms with Crippen LogP contribution in [0.2, 0.25) is 0 Å². The summed E-state index contributed by atoms with van der Waals surface area (Å²) in [6.45, 7) is 0. The molecule has 3 heteroatoms. The van der Waals surface area contributed by atoms with Crippen molar-refractivity contribution in [3.8, 4) is 11.1 Å². The van der Waals surface area contributed by atoms with E-state index in [-0.39, 0.29) is 5.82 Å². The van der Waals surface area contributed by atoms with Crippen molar-refractivity contribution in [2.75, 3.05) is 0 Å². The molecule has 0 N–H and O–H groups in total. The average Bonchev–Trinajstić information content (AvgIpc) is 2.74. The Bertz CT molecular complexity index is 628. The number of halogens is 1. The molecule has 16 heavy (non-hydrogen) atoms. The molecule has 0 fully saturated rings. The zero-order chi connectivity index (χ0) is 11.0. The van der Waals surface area contributed by atoms with E-state index in [1.54, 1.807) is 35.7 Å². The normalized spacial score (nSPS) is 10.8. The molecule has 0 bridgehead atoms. The summed E-state index contributed by atoms with van der Waals surface area (Å²) in [7, 11) is 0. The molecule has 0 amide bonds. The van der Waals surface area contributed by atoms with Gasteiger partial charge in [0.05, 0.1) is 0 Å². The van der Waals surface area contributed by atoms with Crippen LogP contribution in [0, 0.1) is 11.9 Å². The maximum atomic E-state index is 12.8. The summed E-state index contributed by atoms with van der Waals surface area (Å²) in [5.41, 5.74) is 2.06. The van der Waals surface area contributed by atoms with E-state index < -0.39 is 0 Å². The highest BCUT2D eigenvalue weighted by molar-refractivity contribution is 7.17. The van der Waals surface area contributed by atoms with Crippen LogP contribution < -0.4 is 0 Å². The lowest BCUT2D eigenvalue weighted by Crippen LogP contribution is -1.78. The van der Waals surface area contributed by atoms with Crippen LogP contribution in [0.4, 0.5) is 4.39 Å². The molecule has 1 radical (unpaired) electrons. The fourth-order valence-corrected chi connectivity index (χ4v) is 2.54. The van der Waals surface area contributed by atoms with E-state index in [4.69, 9.17) is 0 Å². The lowest BCUT2D eigenvalue weighted by Gasteiger charge is -1.98. The number of nitrogens with zero attached hydrogens (tertiary/aromatic N) is 1. The minimum absolute atomic E-state index is 0.217. The zero-order valence-corrected chi connectivity index (χ0v) is 9.09. The first-order valence-electron chi connectivity index (χ1n) is 4.84. The van der Waals surface area contributed by atoms with Gasteiger partial charge in [-0.15, -0.1) is 11.3 Å². The first kappa shape index (κ1) is 9.48. The summed E-state index contributed by atoms with van der Waals surface area (Å²) >= 11 is 1.58. The smallest absolute Gasteiger partial charge is 0.124 e. The van der Waals surface area contributed by atoms with Crippen molar-refractivity contribution in [3.63, 3.8) is 0 Å². The summed E-state index contributed by atoms with van der Waals surface area (Å²) < 4.78 is 12.8. The van der Waals surface area contributed by atoms with Crippen molar-refractivity contribution in [3.05, 3.63) is 53.8 Å². The van der Waals surface area contributed by atoms with Crippen molar-refractivity contribution in [1.82, 2.24) is 4.98 Å². The minimum Gasteiger partial charge on any atom is -0.245 e. The fourth-order valence-electron chi connectivity index (χ4n) is 1.65. The van der Waals surface area contributed by atoms with E-state index in [0.717, 1.165) is 21.3 Å². The molecular weight excluding hydrogens is 221 g/mol. The number of fused-ring (bicyclic) bond motifs is 1. The monoisotopic (exact) mass is 228 g/mol. The van der Waals surface area contributed by atoms with Crippen molar-refractivity contribution >= 4 is 21.6 Å². The molecule has 1 aromatic carbocycles. The van der Waals surface area contributed by atoms with Crippen LogP contribution in [0.5, 0.6) is 0 Å². The average molecular weight is 228 g/mol. The van der Waals surface area contributed by atoms with E-state index in [0.29, 0.717) is 0 Å². The summed E-state index contributed by atoms with van der Waals surface area (Å²) in [4.78, 5) is 5.22. The second-order valence-corrected chi connectivity index (χ2v) is 4.28. The van der Waals surface area contributed by atoms with Gasteiger partial charge in [-0.2, -0.15) is 0 Å². The van der Waals surface area contributed by atoms with Gasteiger partial charge in [-0.1, -0.05) is 12.1 Å². The molecule has 2 aromatic heterocycles. The second-order valence-electron chi connectivity index (χ2n) is 3.43. The van der Waals surface area contributed by atoms with Crippen LogP contribution >= 0.6 is 11.3 Å². The van der Waals surface area contributed by atoms with E-state index in [1.807, 2.05) is 5.38 Å². The lowest BCUT2D eigenvalue weighted by atomic mass is 10.1. The number of rotatable bonds is 1. The third-order valence-corrected chi connectivity index (χ3v) is 3.31. The molecule has 3 rings (SSSR count). The largest absolute Gasteiger partial charge is 0.245 e. The van der Waals surface area contributed by atoms with Gasteiger partial charge in [0.25, 0.3) is 0 Å². The van der Waals surface area contributed by atoms with Crippen molar-refractivity contribution < 1.29 is 4.39 Å². The van der Waals surface area contributed by atoms with Crippen LogP contribution in [0.3, 0.4) is 0 Å². The number of benzene rings is 1. The number of thiophene rings is 1. The molecule has 1 nitrogen and oxygen atoms in total. The number of hydrogen-bond donors (Lipinski definition) is 0. The SMILES string of the molecule is Fc1ccc(-c2csc3ncc[c]c23)cc1. The van der Waals surface area contributed by atoms with Gasteiger partial charge in [0.15, 0.2) is 0 Å². The van der Waals surface area contributed by atoms with Gasteiger partial charge in [0.1, 0.15) is 10.6 Å². The van der Waals surface area contributed by atoms with Crippen LogP contribution in [-0.4, -0.2) is 4.98 Å². The first-order valence-corrected chi connectivity index (χ1v) is 5.72. The van der Waals surface area contributed by atoms with E-state index in [1.165, 1.54) is 12.1 Å². The van der Waals surface area contributed by atoms with Crippen LogP contribution in [0.25, 0.3) is 21.3 Å². The highest BCUT2D eigenvalue weighted by atomic mass is 32.1. The molecule has 0 aliphatic heterocycles. The second kappa shape index (κ2) is 3.68.